The summed E-state index contributed by atoms with van der Waals surface area (Å²) >= 11 is 1.18. The summed E-state index contributed by atoms with van der Waals surface area (Å²) in [6.07, 6.45) is 0. The average molecular weight is 540 g/mol. The Labute approximate surface area is 186 Å². The second kappa shape index (κ2) is 12.1. The minimum atomic E-state index is -3.45. The summed E-state index contributed by atoms with van der Waals surface area (Å²) in [5.74, 6) is 1.89. The van der Waals surface area contributed by atoms with Crippen molar-refractivity contribution in [1.82, 2.24) is 15.4 Å². The molecule has 1 aromatic carbocycles. The Morgan fingerprint density at radius 3 is 2.46 bits per heavy atom. The number of nitrogens with zero attached hydrogens (tertiary/aromatic N) is 1. The van der Waals surface area contributed by atoms with Gasteiger partial charge in [-0.15, -0.1) is 35.3 Å². The molecule has 0 saturated heterocycles. The Morgan fingerprint density at radius 1 is 1.11 bits per heavy atom. The van der Waals surface area contributed by atoms with Gasteiger partial charge in [-0.3, -0.25) is 4.99 Å². The summed E-state index contributed by atoms with van der Waals surface area (Å²) < 4.78 is 37.4. The number of nitrogens with one attached hydrogen (secondary N) is 3. The van der Waals surface area contributed by atoms with E-state index in [2.05, 4.69) is 20.3 Å². The molecule has 0 amide bonds. The van der Waals surface area contributed by atoms with Gasteiger partial charge in [0.2, 0.25) is 10.0 Å². The number of thiophene rings is 1. The van der Waals surface area contributed by atoms with E-state index in [1.807, 2.05) is 18.2 Å². The van der Waals surface area contributed by atoms with Gasteiger partial charge >= 0.3 is 0 Å². The monoisotopic (exact) mass is 540 g/mol. The smallest absolute Gasteiger partial charge is 0.250 e. The zero-order valence-electron chi connectivity index (χ0n) is 15.9. The van der Waals surface area contributed by atoms with E-state index in [1.165, 1.54) is 11.3 Å². The van der Waals surface area contributed by atoms with Crippen molar-refractivity contribution in [3.63, 3.8) is 0 Å². The fourth-order valence-electron chi connectivity index (χ4n) is 2.25. The molecule has 2 rings (SSSR count). The van der Waals surface area contributed by atoms with Crippen LogP contribution in [0.1, 0.15) is 5.56 Å². The van der Waals surface area contributed by atoms with Crippen molar-refractivity contribution in [2.75, 3.05) is 34.4 Å². The molecule has 0 atom stereocenters. The summed E-state index contributed by atoms with van der Waals surface area (Å²) in [6.45, 7) is 1.18. The van der Waals surface area contributed by atoms with Crippen molar-refractivity contribution in [1.29, 1.82) is 0 Å². The number of aliphatic imine (C=N–C) groups is 1. The van der Waals surface area contributed by atoms with Crippen LogP contribution in [0.3, 0.4) is 0 Å². The van der Waals surface area contributed by atoms with Gasteiger partial charge in [0.15, 0.2) is 17.5 Å². The molecule has 0 saturated carbocycles. The molecular weight excluding hydrogens is 515 g/mol. The third-order valence-electron chi connectivity index (χ3n) is 3.60. The molecule has 0 aliphatic rings. The van der Waals surface area contributed by atoms with Crippen LogP contribution >= 0.6 is 35.3 Å². The molecule has 0 spiro atoms. The lowest BCUT2D eigenvalue weighted by atomic mass is 10.2. The number of benzene rings is 1. The minimum absolute atomic E-state index is 0. The van der Waals surface area contributed by atoms with Crippen LogP contribution in [0.25, 0.3) is 0 Å². The van der Waals surface area contributed by atoms with Gasteiger partial charge in [0.25, 0.3) is 0 Å². The normalized spacial score (nSPS) is 11.5. The Kier molecular flexibility index (Phi) is 10.6. The van der Waals surface area contributed by atoms with E-state index in [9.17, 15) is 8.42 Å². The molecule has 11 heteroatoms. The summed E-state index contributed by atoms with van der Waals surface area (Å²) in [5.41, 5.74) is 0.994. The van der Waals surface area contributed by atoms with Crippen LogP contribution < -0.4 is 24.8 Å². The van der Waals surface area contributed by atoms with Crippen LogP contribution in [-0.2, 0) is 16.6 Å². The average Bonchev–Trinajstić information content (AvgIpc) is 3.23. The lowest BCUT2D eigenvalue weighted by Gasteiger charge is -2.13. The molecule has 1 heterocycles. The zero-order chi connectivity index (χ0) is 19.7. The SMILES string of the molecule is CN=C(NCCNS(=O)(=O)c1cccs1)NCc1ccc(OC)c(OC)c1.I. The van der Waals surface area contributed by atoms with E-state index < -0.39 is 10.0 Å². The molecule has 2 aromatic rings. The zero-order valence-corrected chi connectivity index (χ0v) is 19.9. The first-order chi connectivity index (χ1) is 13.0. The van der Waals surface area contributed by atoms with Gasteiger partial charge in [-0.1, -0.05) is 12.1 Å². The van der Waals surface area contributed by atoms with Crippen molar-refractivity contribution < 1.29 is 17.9 Å². The highest BCUT2D eigenvalue weighted by Crippen LogP contribution is 2.27. The topological polar surface area (TPSA) is 101 Å². The van der Waals surface area contributed by atoms with Crippen LogP contribution in [-0.4, -0.2) is 48.7 Å². The largest absolute Gasteiger partial charge is 0.493 e. The number of methoxy groups -OCH3 is 2. The van der Waals surface area contributed by atoms with Crippen molar-refractivity contribution in [3.05, 3.63) is 41.3 Å². The van der Waals surface area contributed by atoms with Crippen molar-refractivity contribution in [2.45, 2.75) is 10.8 Å². The molecular formula is C17H25IN4O4S2. The van der Waals surface area contributed by atoms with Gasteiger partial charge < -0.3 is 20.1 Å². The molecule has 156 valence electrons. The van der Waals surface area contributed by atoms with Crippen LogP contribution in [0, 0.1) is 0 Å². The Balaban J connectivity index is 0.00000392. The molecule has 3 N–H and O–H groups in total. The number of halogens is 1. The molecule has 0 aliphatic heterocycles. The second-order valence-corrected chi connectivity index (χ2v) is 8.31. The van der Waals surface area contributed by atoms with E-state index >= 15 is 0 Å². The van der Waals surface area contributed by atoms with Crippen LogP contribution in [0.15, 0.2) is 44.9 Å². The quantitative estimate of drug-likeness (QED) is 0.195. The van der Waals surface area contributed by atoms with Gasteiger partial charge in [-0.25, -0.2) is 13.1 Å². The van der Waals surface area contributed by atoms with Crippen molar-refractivity contribution in [2.24, 2.45) is 4.99 Å². The summed E-state index contributed by atoms with van der Waals surface area (Å²) in [6, 6.07) is 8.93. The number of hydrogen-bond donors (Lipinski definition) is 3. The standard InChI is InChI=1S/C17H24N4O4S2.HI/c1-18-17(19-8-9-21-27(22,23)16-5-4-10-26-16)20-12-13-6-7-14(24-2)15(11-13)25-3;/h4-7,10-11,21H,8-9,12H2,1-3H3,(H2,18,19,20);1H. The highest BCUT2D eigenvalue weighted by atomic mass is 127. The summed E-state index contributed by atoms with van der Waals surface area (Å²) in [5, 5.41) is 7.96. The van der Waals surface area contributed by atoms with Gasteiger partial charge in [-0.05, 0) is 29.1 Å². The Hall–Kier alpha value is -1.57. The lowest BCUT2D eigenvalue weighted by Crippen LogP contribution is -2.41. The van der Waals surface area contributed by atoms with Crippen molar-refractivity contribution in [3.8, 4) is 11.5 Å². The van der Waals surface area contributed by atoms with E-state index in [0.29, 0.717) is 34.8 Å². The van der Waals surface area contributed by atoms with Gasteiger partial charge in [0.1, 0.15) is 4.21 Å². The minimum Gasteiger partial charge on any atom is -0.493 e. The van der Waals surface area contributed by atoms with Crippen LogP contribution in [0.4, 0.5) is 0 Å². The maximum atomic E-state index is 12.0. The molecule has 0 fully saturated rings. The van der Waals surface area contributed by atoms with E-state index in [4.69, 9.17) is 9.47 Å². The fraction of sp³-hybridized carbons (Fsp3) is 0.353. The highest BCUT2D eigenvalue weighted by molar-refractivity contribution is 14.0. The first-order valence-corrected chi connectivity index (χ1v) is 10.5. The maximum Gasteiger partial charge on any atom is 0.250 e. The van der Waals surface area contributed by atoms with Gasteiger partial charge in [-0.2, -0.15) is 0 Å². The maximum absolute atomic E-state index is 12.0. The van der Waals surface area contributed by atoms with Crippen molar-refractivity contribution >= 4 is 51.3 Å². The summed E-state index contributed by atoms with van der Waals surface area (Å²) in [7, 11) is 1.39. The second-order valence-electron chi connectivity index (χ2n) is 5.37. The molecule has 1 aromatic heterocycles. The predicted molar refractivity (Wildman–Crippen MR) is 123 cm³/mol. The highest BCUT2D eigenvalue weighted by Gasteiger charge is 2.13. The number of guanidine groups is 1. The van der Waals surface area contributed by atoms with Gasteiger partial charge in [0, 0.05) is 26.7 Å². The number of hydrogen-bond acceptors (Lipinski definition) is 6. The van der Waals surface area contributed by atoms with Crippen LogP contribution in [0.5, 0.6) is 11.5 Å². The molecule has 0 unspecified atom stereocenters. The van der Waals surface area contributed by atoms with E-state index in [0.717, 1.165) is 5.56 Å². The molecule has 0 aliphatic carbocycles. The fourth-order valence-corrected chi connectivity index (χ4v) is 4.32. The lowest BCUT2D eigenvalue weighted by molar-refractivity contribution is 0.354. The van der Waals surface area contributed by atoms with Gasteiger partial charge in [0.05, 0.1) is 14.2 Å². The Bertz CT molecular complexity index is 858. The predicted octanol–water partition coefficient (Wildman–Crippen LogP) is 2.03. The van der Waals surface area contributed by atoms with E-state index in [-0.39, 0.29) is 30.5 Å². The molecule has 8 nitrogen and oxygen atoms in total. The summed E-state index contributed by atoms with van der Waals surface area (Å²) in [4.78, 5) is 4.13. The number of ether oxygens (including phenoxy) is 2. The molecule has 28 heavy (non-hydrogen) atoms. The number of sulfonamides is 1. The third kappa shape index (κ3) is 7.11. The Morgan fingerprint density at radius 2 is 1.86 bits per heavy atom. The molecule has 0 radical (unpaired) electrons. The van der Waals surface area contributed by atoms with E-state index in [1.54, 1.807) is 38.8 Å². The number of rotatable bonds is 9. The third-order valence-corrected chi connectivity index (χ3v) is 6.46. The first kappa shape index (κ1) is 24.5. The first-order valence-electron chi connectivity index (χ1n) is 8.18. The molecule has 0 bridgehead atoms. The van der Waals surface area contributed by atoms with Crippen LogP contribution in [0.2, 0.25) is 0 Å².